The number of imide groups is 1. The van der Waals surface area contributed by atoms with Crippen molar-refractivity contribution in [3.8, 4) is 17.3 Å². The number of esters is 1. The van der Waals surface area contributed by atoms with Crippen molar-refractivity contribution in [2.75, 3.05) is 12.0 Å². The number of anilines is 1. The number of nitriles is 1. The van der Waals surface area contributed by atoms with Crippen molar-refractivity contribution in [1.82, 2.24) is 9.78 Å². The van der Waals surface area contributed by atoms with Crippen LogP contribution in [0.25, 0.3) is 11.3 Å². The molecule has 0 aliphatic rings. The number of ether oxygens (including phenoxy) is 3. The van der Waals surface area contributed by atoms with Gasteiger partial charge in [0.25, 0.3) is 0 Å². The molecule has 0 unspecified atom stereocenters. The first-order chi connectivity index (χ1) is 17.4. The van der Waals surface area contributed by atoms with Gasteiger partial charge in [0.1, 0.15) is 34.3 Å². The van der Waals surface area contributed by atoms with Crippen LogP contribution in [-0.4, -0.2) is 46.2 Å². The highest BCUT2D eigenvalue weighted by Gasteiger charge is 2.39. The maximum absolute atomic E-state index is 15.1. The van der Waals surface area contributed by atoms with Crippen molar-refractivity contribution >= 4 is 35.6 Å². The van der Waals surface area contributed by atoms with Crippen molar-refractivity contribution in [3.05, 3.63) is 34.1 Å². The highest BCUT2D eigenvalue weighted by Crippen LogP contribution is 2.39. The van der Waals surface area contributed by atoms with E-state index in [1.54, 1.807) is 55.4 Å². The van der Waals surface area contributed by atoms with Crippen LogP contribution in [0.4, 0.5) is 19.8 Å². The average Bonchev–Trinajstić information content (AvgIpc) is 3.13. The fourth-order valence-electron chi connectivity index (χ4n) is 3.29. The molecule has 2 amide bonds. The molecule has 0 aliphatic heterocycles. The minimum absolute atomic E-state index is 0.0169. The molecule has 0 aliphatic carbocycles. The van der Waals surface area contributed by atoms with Crippen LogP contribution in [0.1, 0.15) is 72.6 Å². The summed E-state index contributed by atoms with van der Waals surface area (Å²) in [5, 5.41) is 14.2. The van der Waals surface area contributed by atoms with Gasteiger partial charge in [0.2, 0.25) is 0 Å². The predicted molar refractivity (Wildman–Crippen MR) is 138 cm³/mol. The van der Waals surface area contributed by atoms with Gasteiger partial charge in [-0.2, -0.15) is 15.3 Å². The maximum atomic E-state index is 15.1. The first-order valence-corrected chi connectivity index (χ1v) is 12.1. The monoisotopic (exact) mass is 550 g/mol. The van der Waals surface area contributed by atoms with Crippen LogP contribution < -0.4 is 4.90 Å². The van der Waals surface area contributed by atoms with E-state index in [0.717, 1.165) is 0 Å². The topological polar surface area (TPSA) is 124 Å². The van der Waals surface area contributed by atoms with Gasteiger partial charge in [0.15, 0.2) is 5.82 Å². The lowest BCUT2D eigenvalue weighted by Crippen LogP contribution is -2.45. The number of amides is 2. The smallest absolute Gasteiger partial charge is 0.425 e. The molecule has 1 heterocycles. The summed E-state index contributed by atoms with van der Waals surface area (Å²) in [6, 6.07) is 4.21. The van der Waals surface area contributed by atoms with Gasteiger partial charge in [-0.25, -0.2) is 18.7 Å². The van der Waals surface area contributed by atoms with Crippen LogP contribution in [0.2, 0.25) is 5.02 Å². The first-order valence-electron chi connectivity index (χ1n) is 11.7. The third-order valence-corrected chi connectivity index (χ3v) is 5.20. The zero-order chi connectivity index (χ0) is 29.2. The van der Waals surface area contributed by atoms with Crippen LogP contribution in [0, 0.1) is 17.1 Å². The standard InChI is InChI=1S/C26H32ClFN4O6/c1-14(2)32-22(31(23(34)37-25(3,4)5)24(35)38-26(6,7)8)17(13-29)21(30-32)16-11-10-15(12-18(33)36-9)20(28)19(16)27/h10-11,14H,12H2,1-9H3. The summed E-state index contributed by atoms with van der Waals surface area (Å²) in [6.07, 6.45) is -2.55. The van der Waals surface area contributed by atoms with Crippen molar-refractivity contribution in [2.45, 2.75) is 79.1 Å². The Hall–Kier alpha value is -3.65. The second-order valence-electron chi connectivity index (χ2n) is 10.6. The van der Waals surface area contributed by atoms with E-state index in [0.29, 0.717) is 4.90 Å². The van der Waals surface area contributed by atoms with E-state index in [-0.39, 0.29) is 34.6 Å². The fraction of sp³-hybridized carbons (Fsp3) is 0.500. The highest BCUT2D eigenvalue weighted by atomic mass is 35.5. The summed E-state index contributed by atoms with van der Waals surface area (Å²) < 4.78 is 31.9. The maximum Gasteiger partial charge on any atom is 0.425 e. The first kappa shape index (κ1) is 30.6. The summed E-state index contributed by atoms with van der Waals surface area (Å²) in [4.78, 5) is 38.8. The van der Waals surface area contributed by atoms with Crippen molar-refractivity contribution in [2.24, 2.45) is 0 Å². The molecule has 0 radical (unpaired) electrons. The Morgan fingerprint density at radius 2 is 1.63 bits per heavy atom. The molecule has 0 fully saturated rings. The average molecular weight is 551 g/mol. The summed E-state index contributed by atoms with van der Waals surface area (Å²) >= 11 is 6.33. The number of methoxy groups -OCH3 is 1. The number of halogens is 2. The molecular weight excluding hydrogens is 519 g/mol. The van der Waals surface area contributed by atoms with Gasteiger partial charge in [0, 0.05) is 17.2 Å². The second kappa shape index (κ2) is 11.4. The van der Waals surface area contributed by atoms with Gasteiger partial charge >= 0.3 is 18.2 Å². The number of aromatic nitrogens is 2. The molecule has 0 N–H and O–H groups in total. The lowest BCUT2D eigenvalue weighted by atomic mass is 10.0. The van der Waals surface area contributed by atoms with E-state index in [9.17, 15) is 19.6 Å². The zero-order valence-corrected chi connectivity index (χ0v) is 23.7. The molecular formula is C26H32ClFN4O6. The van der Waals surface area contributed by atoms with E-state index in [1.165, 1.54) is 23.9 Å². The molecule has 1 aromatic heterocycles. The molecule has 2 aromatic rings. The van der Waals surface area contributed by atoms with Gasteiger partial charge < -0.3 is 14.2 Å². The Balaban J connectivity index is 2.84. The molecule has 12 heteroatoms. The SMILES string of the molecule is COC(=O)Cc1ccc(-c2nn(C(C)C)c(N(C(=O)OC(C)(C)C)C(=O)OC(C)(C)C)c2C#N)c(Cl)c1F. The Bertz CT molecular complexity index is 1260. The van der Waals surface area contributed by atoms with E-state index < -0.39 is 46.2 Å². The quantitative estimate of drug-likeness (QED) is 0.319. The van der Waals surface area contributed by atoms with Crippen LogP contribution >= 0.6 is 11.6 Å². The van der Waals surface area contributed by atoms with E-state index in [4.69, 9.17) is 21.1 Å². The molecule has 0 atom stereocenters. The Labute approximate surface area is 226 Å². The van der Waals surface area contributed by atoms with Gasteiger partial charge in [-0.05, 0) is 55.4 Å². The molecule has 1 aromatic carbocycles. The minimum Gasteiger partial charge on any atom is -0.469 e. The summed E-state index contributed by atoms with van der Waals surface area (Å²) in [6.45, 7) is 13.1. The molecule has 0 spiro atoms. The van der Waals surface area contributed by atoms with E-state index >= 15 is 4.39 Å². The molecule has 10 nitrogen and oxygen atoms in total. The Morgan fingerprint density at radius 1 is 1.11 bits per heavy atom. The predicted octanol–water partition coefficient (Wildman–Crippen LogP) is 6.19. The molecule has 206 valence electrons. The molecule has 0 bridgehead atoms. The van der Waals surface area contributed by atoms with Crippen molar-refractivity contribution in [1.29, 1.82) is 5.26 Å². The number of benzene rings is 1. The Morgan fingerprint density at radius 3 is 2.05 bits per heavy atom. The third kappa shape index (κ3) is 7.01. The van der Waals surface area contributed by atoms with Crippen LogP contribution in [0.5, 0.6) is 0 Å². The van der Waals surface area contributed by atoms with Gasteiger partial charge in [-0.15, -0.1) is 0 Å². The van der Waals surface area contributed by atoms with Crippen LogP contribution in [0.3, 0.4) is 0 Å². The molecule has 38 heavy (non-hydrogen) atoms. The number of nitrogens with zero attached hydrogens (tertiary/aromatic N) is 4. The summed E-state index contributed by atoms with van der Waals surface area (Å²) in [7, 11) is 1.18. The summed E-state index contributed by atoms with van der Waals surface area (Å²) in [5.41, 5.74) is -2.30. The van der Waals surface area contributed by atoms with Crippen LogP contribution in [-0.2, 0) is 25.4 Å². The molecule has 0 saturated heterocycles. The molecule has 0 saturated carbocycles. The van der Waals surface area contributed by atoms with Crippen LogP contribution in [0.15, 0.2) is 12.1 Å². The van der Waals surface area contributed by atoms with Crippen molar-refractivity contribution < 1.29 is 33.0 Å². The number of hydrogen-bond acceptors (Lipinski definition) is 8. The number of hydrogen-bond donors (Lipinski definition) is 0. The Kier molecular flexibility index (Phi) is 9.17. The van der Waals surface area contributed by atoms with Gasteiger partial charge in [-0.1, -0.05) is 23.7 Å². The lowest BCUT2D eigenvalue weighted by Gasteiger charge is -2.29. The normalized spacial score (nSPS) is 11.7. The number of rotatable bonds is 5. The van der Waals surface area contributed by atoms with Crippen molar-refractivity contribution in [3.63, 3.8) is 0 Å². The van der Waals surface area contributed by atoms with E-state index in [1.807, 2.05) is 6.07 Å². The lowest BCUT2D eigenvalue weighted by molar-refractivity contribution is -0.139. The third-order valence-electron chi connectivity index (χ3n) is 4.83. The highest BCUT2D eigenvalue weighted by molar-refractivity contribution is 6.33. The zero-order valence-electron chi connectivity index (χ0n) is 22.9. The molecule has 2 rings (SSSR count). The summed E-state index contributed by atoms with van der Waals surface area (Å²) in [5.74, 6) is -1.78. The minimum atomic E-state index is -1.10. The fourth-order valence-corrected chi connectivity index (χ4v) is 3.56. The largest absolute Gasteiger partial charge is 0.469 e. The van der Waals surface area contributed by atoms with Gasteiger partial charge in [0.05, 0.1) is 18.6 Å². The number of carbonyl (C=O) groups excluding carboxylic acids is 3. The number of carbonyl (C=O) groups is 3. The van der Waals surface area contributed by atoms with E-state index in [2.05, 4.69) is 9.84 Å². The van der Waals surface area contributed by atoms with Gasteiger partial charge in [-0.3, -0.25) is 4.79 Å². The second-order valence-corrected chi connectivity index (χ2v) is 11.0.